The van der Waals surface area contributed by atoms with Gasteiger partial charge in [0.15, 0.2) is 8.32 Å². The van der Waals surface area contributed by atoms with Crippen molar-refractivity contribution < 1.29 is 9.22 Å². The summed E-state index contributed by atoms with van der Waals surface area (Å²) in [5.74, 6) is 5.68. The molecule has 0 aromatic heterocycles. The Balaban J connectivity index is 1.49. The highest BCUT2D eigenvalue weighted by Gasteiger charge is 2.58. The summed E-state index contributed by atoms with van der Waals surface area (Å²) in [5, 5.41) is 0.285. The van der Waals surface area contributed by atoms with E-state index in [0.717, 1.165) is 48.3 Å². The van der Waals surface area contributed by atoms with E-state index >= 15 is 0 Å². The van der Waals surface area contributed by atoms with Crippen molar-refractivity contribution in [2.24, 2.45) is 40.9 Å². The Kier molecular flexibility index (Phi) is 6.15. The Morgan fingerprint density at radius 1 is 0.933 bits per heavy atom. The third kappa shape index (κ3) is 3.89. The van der Waals surface area contributed by atoms with Crippen molar-refractivity contribution in [3.8, 4) is 0 Å². The van der Waals surface area contributed by atoms with Crippen LogP contribution < -0.4 is 0 Å². The second kappa shape index (κ2) is 8.01. The second-order valence-corrected chi connectivity index (χ2v) is 18.1. The van der Waals surface area contributed by atoms with Gasteiger partial charge in [-0.3, -0.25) is 4.79 Å². The van der Waals surface area contributed by atoms with Crippen LogP contribution in [0.5, 0.6) is 0 Å². The summed E-state index contributed by atoms with van der Waals surface area (Å²) in [6.07, 6.45) is 12.9. The SMILES string of the molecule is CC(O[Si](C)(C)C(C)(C)C)[C@H]1CC[C@H]2[C@@H]3CC[C@@H]4CCC(=O)CC[C@@H]4[C@H]3CC[C@]12C. The van der Waals surface area contributed by atoms with Crippen LogP contribution in [0.15, 0.2) is 0 Å². The molecular formula is C27H48O2Si. The first-order valence-corrected chi connectivity index (χ1v) is 16.0. The molecular weight excluding hydrogens is 384 g/mol. The highest BCUT2D eigenvalue weighted by atomic mass is 28.4. The van der Waals surface area contributed by atoms with Crippen LogP contribution in [0, 0.1) is 40.9 Å². The van der Waals surface area contributed by atoms with Crippen molar-refractivity contribution >= 4 is 14.1 Å². The van der Waals surface area contributed by atoms with Crippen LogP contribution in [0.1, 0.15) is 98.8 Å². The molecule has 3 heteroatoms. The van der Waals surface area contributed by atoms with E-state index in [1.807, 2.05) is 0 Å². The van der Waals surface area contributed by atoms with Gasteiger partial charge in [0.1, 0.15) is 5.78 Å². The predicted molar refractivity (Wildman–Crippen MR) is 128 cm³/mol. The van der Waals surface area contributed by atoms with Crippen molar-refractivity contribution in [1.29, 1.82) is 0 Å². The maximum Gasteiger partial charge on any atom is 0.192 e. The zero-order valence-electron chi connectivity index (χ0n) is 20.9. The average molecular weight is 433 g/mol. The van der Waals surface area contributed by atoms with Gasteiger partial charge in [0, 0.05) is 18.9 Å². The molecule has 2 nitrogen and oxygen atoms in total. The third-order valence-corrected chi connectivity index (χ3v) is 15.6. The van der Waals surface area contributed by atoms with Gasteiger partial charge in [0.2, 0.25) is 0 Å². The second-order valence-electron chi connectivity index (χ2n) is 13.4. The maximum absolute atomic E-state index is 12.1. The molecule has 172 valence electrons. The molecule has 0 spiro atoms. The molecule has 0 N–H and O–H groups in total. The van der Waals surface area contributed by atoms with Crippen LogP contribution in [0.3, 0.4) is 0 Å². The zero-order valence-corrected chi connectivity index (χ0v) is 21.9. The first kappa shape index (κ1) is 23.0. The molecule has 8 atom stereocenters. The monoisotopic (exact) mass is 432 g/mol. The number of ketones is 1. The number of carbonyl (C=O) groups is 1. The first-order valence-electron chi connectivity index (χ1n) is 13.1. The van der Waals surface area contributed by atoms with Gasteiger partial charge < -0.3 is 4.43 Å². The lowest BCUT2D eigenvalue weighted by atomic mass is 9.50. The summed E-state index contributed by atoms with van der Waals surface area (Å²) in [6.45, 7) is 17.0. The Hall–Kier alpha value is -0.153. The average Bonchev–Trinajstić information content (AvgIpc) is 2.89. The van der Waals surface area contributed by atoms with Crippen LogP contribution in [0.25, 0.3) is 0 Å². The van der Waals surface area contributed by atoms with Crippen molar-refractivity contribution in [3.63, 3.8) is 0 Å². The Morgan fingerprint density at radius 2 is 1.63 bits per heavy atom. The molecule has 0 heterocycles. The smallest absolute Gasteiger partial charge is 0.192 e. The molecule has 0 aromatic rings. The summed E-state index contributed by atoms with van der Waals surface area (Å²) >= 11 is 0. The third-order valence-electron chi connectivity index (χ3n) is 11.0. The molecule has 4 fully saturated rings. The van der Waals surface area contributed by atoms with Crippen LogP contribution >= 0.6 is 0 Å². The lowest BCUT2D eigenvalue weighted by molar-refractivity contribution is -0.119. The molecule has 4 aliphatic rings. The highest BCUT2D eigenvalue weighted by molar-refractivity contribution is 6.74. The van der Waals surface area contributed by atoms with E-state index in [2.05, 4.69) is 47.7 Å². The molecule has 4 aliphatic carbocycles. The molecule has 0 amide bonds. The van der Waals surface area contributed by atoms with E-state index in [4.69, 9.17) is 4.43 Å². The summed E-state index contributed by atoms with van der Waals surface area (Å²) in [6, 6.07) is 0. The summed E-state index contributed by atoms with van der Waals surface area (Å²) in [7, 11) is -1.73. The van der Waals surface area contributed by atoms with E-state index in [-0.39, 0.29) is 5.04 Å². The number of hydrogen-bond donors (Lipinski definition) is 0. The zero-order chi connectivity index (χ0) is 21.9. The minimum Gasteiger partial charge on any atom is -0.414 e. The summed E-state index contributed by atoms with van der Waals surface area (Å²) in [5.41, 5.74) is 0.469. The minimum absolute atomic E-state index is 0.285. The number of carbonyl (C=O) groups excluding carboxylic acids is 1. The van der Waals surface area contributed by atoms with Gasteiger partial charge in [-0.25, -0.2) is 0 Å². The van der Waals surface area contributed by atoms with Gasteiger partial charge in [-0.2, -0.15) is 0 Å². The molecule has 0 aromatic carbocycles. The van der Waals surface area contributed by atoms with E-state index < -0.39 is 8.32 Å². The molecule has 0 bridgehead atoms. The maximum atomic E-state index is 12.1. The number of fused-ring (bicyclic) bond motifs is 5. The van der Waals surface area contributed by atoms with Crippen molar-refractivity contribution in [1.82, 2.24) is 0 Å². The van der Waals surface area contributed by atoms with E-state index in [9.17, 15) is 4.79 Å². The van der Waals surface area contributed by atoms with Crippen molar-refractivity contribution in [2.45, 2.75) is 123 Å². The minimum atomic E-state index is -1.73. The van der Waals surface area contributed by atoms with Gasteiger partial charge in [-0.05, 0) is 117 Å². The van der Waals surface area contributed by atoms with E-state index in [1.54, 1.807) is 0 Å². The molecule has 1 unspecified atom stereocenters. The van der Waals surface area contributed by atoms with Crippen LogP contribution in [-0.4, -0.2) is 20.2 Å². The number of hydrogen-bond acceptors (Lipinski definition) is 2. The number of Topliss-reactive ketones (excluding diaryl/α,β-unsaturated/α-hetero) is 1. The Labute approximate surface area is 187 Å². The molecule has 30 heavy (non-hydrogen) atoms. The molecule has 0 radical (unpaired) electrons. The van der Waals surface area contributed by atoms with E-state index in [0.29, 0.717) is 17.3 Å². The fourth-order valence-corrected chi connectivity index (χ4v) is 9.82. The van der Waals surface area contributed by atoms with Gasteiger partial charge in [0.25, 0.3) is 0 Å². The largest absolute Gasteiger partial charge is 0.414 e. The fourth-order valence-electron chi connectivity index (χ4n) is 8.38. The van der Waals surface area contributed by atoms with E-state index in [1.165, 1.54) is 51.4 Å². The molecule has 0 saturated heterocycles. The quantitative estimate of drug-likeness (QED) is 0.429. The van der Waals surface area contributed by atoms with Crippen LogP contribution in [-0.2, 0) is 9.22 Å². The normalized spacial score (nSPS) is 43.4. The van der Waals surface area contributed by atoms with Crippen LogP contribution in [0.2, 0.25) is 18.1 Å². The lowest BCUT2D eigenvalue weighted by Gasteiger charge is -2.55. The lowest BCUT2D eigenvalue weighted by Crippen LogP contribution is -2.51. The molecule has 4 rings (SSSR count). The van der Waals surface area contributed by atoms with Crippen LogP contribution in [0.4, 0.5) is 0 Å². The fraction of sp³-hybridized carbons (Fsp3) is 0.963. The standard InChI is InChI=1S/C27H48O2Si/c1-18(29-30(6,7)26(2,3)4)24-14-15-25-23-12-9-19-8-10-20(28)11-13-21(19)22(23)16-17-27(24,25)5/h18-19,21-25H,8-17H2,1-7H3/t18?,19-,21-,22+,23+,24+,25-,27+/m0/s1. The van der Waals surface area contributed by atoms with Gasteiger partial charge in [0.05, 0.1) is 0 Å². The Bertz CT molecular complexity index is 650. The van der Waals surface area contributed by atoms with Gasteiger partial charge in [-0.1, -0.05) is 27.7 Å². The number of rotatable bonds is 3. The molecule has 0 aliphatic heterocycles. The summed E-state index contributed by atoms with van der Waals surface area (Å²) < 4.78 is 6.95. The topological polar surface area (TPSA) is 26.3 Å². The van der Waals surface area contributed by atoms with Crippen molar-refractivity contribution in [3.05, 3.63) is 0 Å². The highest BCUT2D eigenvalue weighted by Crippen LogP contribution is 2.64. The summed E-state index contributed by atoms with van der Waals surface area (Å²) in [4.78, 5) is 12.1. The van der Waals surface area contributed by atoms with Gasteiger partial charge >= 0.3 is 0 Å². The Morgan fingerprint density at radius 3 is 2.33 bits per heavy atom. The first-order chi connectivity index (χ1) is 13.9. The van der Waals surface area contributed by atoms with Crippen molar-refractivity contribution in [2.75, 3.05) is 0 Å². The molecule has 4 saturated carbocycles. The predicted octanol–water partition coefficient (Wildman–Crippen LogP) is 7.62. The van der Waals surface area contributed by atoms with Gasteiger partial charge in [-0.15, -0.1) is 0 Å².